The third kappa shape index (κ3) is 5.93. The highest BCUT2D eigenvalue weighted by molar-refractivity contribution is 9.10. The maximum atomic E-state index is 13.6. The number of carbonyl (C=O) groups is 1. The summed E-state index contributed by atoms with van der Waals surface area (Å²) in [5.41, 5.74) is 1.11. The van der Waals surface area contributed by atoms with Gasteiger partial charge in [-0.15, -0.1) is 0 Å². The smallest absolute Gasteiger partial charge is 0.282 e. The topological polar surface area (TPSA) is 85.6 Å². The summed E-state index contributed by atoms with van der Waals surface area (Å²) >= 11 is 9.38. The Balaban J connectivity index is 1.54. The number of nitrogens with zero attached hydrogens (tertiary/aromatic N) is 3. The molecule has 0 atom stereocenters. The number of fused-ring (bicyclic) bond motifs is 2. The Labute approximate surface area is 244 Å². The van der Waals surface area contributed by atoms with Crippen molar-refractivity contribution >= 4 is 67.0 Å². The van der Waals surface area contributed by atoms with Gasteiger partial charge >= 0.3 is 0 Å². The molecule has 0 unspecified atom stereocenters. The molecule has 0 bridgehead atoms. The van der Waals surface area contributed by atoms with Crippen LogP contribution in [0.25, 0.3) is 21.7 Å². The number of halogens is 2. The van der Waals surface area contributed by atoms with Crippen LogP contribution >= 0.6 is 27.5 Å². The molecule has 202 valence electrons. The van der Waals surface area contributed by atoms with Gasteiger partial charge < -0.3 is 10.1 Å². The molecule has 0 aliphatic heterocycles. The van der Waals surface area contributed by atoms with Crippen LogP contribution in [0.4, 0.5) is 5.69 Å². The fourth-order valence-corrected chi connectivity index (χ4v) is 4.75. The summed E-state index contributed by atoms with van der Waals surface area (Å²) in [5.74, 6) is 0.651. The number of carbonyl (C=O) groups excluding carboxylic acids is 1. The van der Waals surface area contributed by atoms with Crippen molar-refractivity contribution in [1.82, 2.24) is 9.66 Å². The normalized spacial score (nSPS) is 11.8. The monoisotopic (exact) mass is 616 g/mol. The van der Waals surface area contributed by atoms with Gasteiger partial charge in [0, 0.05) is 26.2 Å². The van der Waals surface area contributed by atoms with E-state index in [4.69, 9.17) is 21.3 Å². The second kappa shape index (κ2) is 11.2. The highest BCUT2D eigenvalue weighted by Crippen LogP contribution is 2.28. The number of amides is 1. The first kappa shape index (κ1) is 27.6. The summed E-state index contributed by atoms with van der Waals surface area (Å²) in [4.78, 5) is 31.0. The lowest BCUT2D eigenvalue weighted by atomic mass is 9.95. The number of ether oxygens (including phenoxy) is 1. The van der Waals surface area contributed by atoms with Crippen LogP contribution in [0.5, 0.6) is 5.75 Å². The van der Waals surface area contributed by atoms with Gasteiger partial charge in [0.15, 0.2) is 6.61 Å². The first-order valence-corrected chi connectivity index (χ1v) is 13.7. The molecule has 0 aliphatic carbocycles. The van der Waals surface area contributed by atoms with Crippen LogP contribution in [0.2, 0.25) is 5.02 Å². The number of benzene rings is 4. The third-order valence-electron chi connectivity index (χ3n) is 6.20. The minimum absolute atomic E-state index is 0.222. The van der Waals surface area contributed by atoms with E-state index in [1.807, 2.05) is 63.2 Å². The molecular weight excluding hydrogens is 592 g/mol. The molecule has 1 N–H and O–H groups in total. The summed E-state index contributed by atoms with van der Waals surface area (Å²) < 4.78 is 8.08. The molecule has 7 nitrogen and oxygen atoms in total. The lowest BCUT2D eigenvalue weighted by Crippen LogP contribution is -2.29. The number of aromatic nitrogens is 2. The summed E-state index contributed by atoms with van der Waals surface area (Å²) in [6, 6.07) is 23.7. The standard InChI is InChI=1S/C31H26BrClN4O3/c1-31(2,3)30-36-26-14-9-20(32)16-24(26)29(39)37(30)34-17-25-23-7-5-4-6-19(23)8-15-27(25)40-18-28(38)35-22-12-10-21(33)11-13-22/h4-17H,18H2,1-3H3,(H,35,38). The van der Waals surface area contributed by atoms with E-state index >= 15 is 0 Å². The van der Waals surface area contributed by atoms with Crippen molar-refractivity contribution in [3.05, 3.63) is 110 Å². The van der Waals surface area contributed by atoms with Crippen LogP contribution in [0.15, 0.2) is 93.2 Å². The molecule has 1 amide bonds. The Hall–Kier alpha value is -4.01. The van der Waals surface area contributed by atoms with Crippen LogP contribution in [0, 0.1) is 0 Å². The summed E-state index contributed by atoms with van der Waals surface area (Å²) in [7, 11) is 0. The van der Waals surface area contributed by atoms with Crippen molar-refractivity contribution in [2.24, 2.45) is 5.10 Å². The van der Waals surface area contributed by atoms with Crippen molar-refractivity contribution < 1.29 is 9.53 Å². The molecular formula is C31H26BrClN4O3. The molecule has 0 fully saturated rings. The van der Waals surface area contributed by atoms with Crippen molar-refractivity contribution in [2.75, 3.05) is 11.9 Å². The van der Waals surface area contributed by atoms with Gasteiger partial charge in [0.2, 0.25) is 0 Å². The van der Waals surface area contributed by atoms with E-state index in [1.54, 1.807) is 42.6 Å². The number of nitrogens with one attached hydrogen (secondary N) is 1. The van der Waals surface area contributed by atoms with Crippen LogP contribution in [0.3, 0.4) is 0 Å². The zero-order chi connectivity index (χ0) is 28.4. The molecule has 1 heterocycles. The van der Waals surface area contributed by atoms with Crippen LogP contribution in [-0.4, -0.2) is 28.4 Å². The average molecular weight is 618 g/mol. The first-order valence-electron chi connectivity index (χ1n) is 12.6. The number of hydrogen-bond acceptors (Lipinski definition) is 5. The van der Waals surface area contributed by atoms with Crippen LogP contribution in [0.1, 0.15) is 32.2 Å². The maximum Gasteiger partial charge on any atom is 0.282 e. The predicted octanol–water partition coefficient (Wildman–Crippen LogP) is 7.16. The second-order valence-electron chi connectivity index (χ2n) is 10.3. The second-order valence-corrected chi connectivity index (χ2v) is 11.6. The molecule has 5 aromatic rings. The van der Waals surface area contributed by atoms with E-state index < -0.39 is 5.41 Å². The van der Waals surface area contributed by atoms with E-state index in [-0.39, 0.29) is 18.1 Å². The molecule has 0 aliphatic rings. The van der Waals surface area contributed by atoms with Gasteiger partial charge in [-0.2, -0.15) is 9.78 Å². The summed E-state index contributed by atoms with van der Waals surface area (Å²) in [6.07, 6.45) is 1.59. The molecule has 0 saturated carbocycles. The van der Waals surface area contributed by atoms with Crippen LogP contribution in [-0.2, 0) is 10.2 Å². The largest absolute Gasteiger partial charge is 0.483 e. The van der Waals surface area contributed by atoms with E-state index in [2.05, 4.69) is 26.3 Å². The Bertz CT molecular complexity index is 1830. The van der Waals surface area contributed by atoms with Gasteiger partial charge in [0.1, 0.15) is 11.6 Å². The predicted molar refractivity (Wildman–Crippen MR) is 165 cm³/mol. The highest BCUT2D eigenvalue weighted by atomic mass is 79.9. The van der Waals surface area contributed by atoms with Gasteiger partial charge in [0.25, 0.3) is 11.5 Å². The molecule has 4 aromatic carbocycles. The minimum atomic E-state index is -0.463. The SMILES string of the molecule is CC(C)(C)c1nc2ccc(Br)cc2c(=O)n1N=Cc1c(OCC(=O)Nc2ccc(Cl)cc2)ccc2ccccc12. The van der Waals surface area contributed by atoms with Gasteiger partial charge in [-0.1, -0.05) is 78.6 Å². The Morgan fingerprint density at radius 1 is 1.05 bits per heavy atom. The fourth-order valence-electron chi connectivity index (χ4n) is 4.27. The quantitative estimate of drug-likeness (QED) is 0.205. The Kier molecular flexibility index (Phi) is 7.74. The van der Waals surface area contributed by atoms with Gasteiger partial charge in [-0.05, 0) is 59.3 Å². The summed E-state index contributed by atoms with van der Waals surface area (Å²) in [6.45, 7) is 5.73. The minimum Gasteiger partial charge on any atom is -0.483 e. The van der Waals surface area contributed by atoms with E-state index in [0.717, 1.165) is 15.2 Å². The molecule has 0 radical (unpaired) electrons. The summed E-state index contributed by atoms with van der Waals surface area (Å²) in [5, 5.41) is 10.3. The third-order valence-corrected chi connectivity index (χ3v) is 6.94. The Morgan fingerprint density at radius 3 is 2.55 bits per heavy atom. The van der Waals surface area contributed by atoms with E-state index in [9.17, 15) is 9.59 Å². The van der Waals surface area contributed by atoms with Crippen molar-refractivity contribution in [2.45, 2.75) is 26.2 Å². The molecule has 5 rings (SSSR count). The van der Waals surface area contributed by atoms with Gasteiger partial charge in [-0.25, -0.2) is 4.98 Å². The van der Waals surface area contributed by atoms with Crippen molar-refractivity contribution in [3.8, 4) is 5.75 Å². The highest BCUT2D eigenvalue weighted by Gasteiger charge is 2.23. The molecule has 0 saturated heterocycles. The number of rotatable bonds is 6. The zero-order valence-corrected chi connectivity index (χ0v) is 24.5. The first-order chi connectivity index (χ1) is 19.1. The molecule has 1 aromatic heterocycles. The average Bonchev–Trinajstić information content (AvgIpc) is 2.92. The molecule has 40 heavy (non-hydrogen) atoms. The lowest BCUT2D eigenvalue weighted by Gasteiger charge is -2.21. The number of anilines is 1. The van der Waals surface area contributed by atoms with Crippen molar-refractivity contribution in [1.29, 1.82) is 0 Å². The number of hydrogen-bond donors (Lipinski definition) is 1. The van der Waals surface area contributed by atoms with Crippen LogP contribution < -0.4 is 15.6 Å². The van der Waals surface area contributed by atoms with E-state index in [0.29, 0.717) is 38.8 Å². The lowest BCUT2D eigenvalue weighted by molar-refractivity contribution is -0.118. The Morgan fingerprint density at radius 2 is 1.80 bits per heavy atom. The zero-order valence-electron chi connectivity index (χ0n) is 22.1. The molecule has 0 spiro atoms. The van der Waals surface area contributed by atoms with Crippen molar-refractivity contribution in [3.63, 3.8) is 0 Å². The van der Waals surface area contributed by atoms with Gasteiger partial charge in [0.05, 0.1) is 17.1 Å². The fraction of sp³-hybridized carbons (Fsp3) is 0.161. The van der Waals surface area contributed by atoms with Gasteiger partial charge in [-0.3, -0.25) is 9.59 Å². The molecule has 9 heteroatoms. The maximum absolute atomic E-state index is 13.6. The van der Waals surface area contributed by atoms with E-state index in [1.165, 1.54) is 4.68 Å².